The zero-order valence-corrected chi connectivity index (χ0v) is 6.28. The molecule has 0 radical (unpaired) electrons. The lowest BCUT2D eigenvalue weighted by atomic mass is 10.1. The van der Waals surface area contributed by atoms with Crippen LogP contribution in [0.3, 0.4) is 0 Å². The van der Waals surface area contributed by atoms with Crippen LogP contribution in [0.1, 0.15) is 0 Å². The lowest BCUT2D eigenvalue weighted by Gasteiger charge is -2.01. The van der Waals surface area contributed by atoms with Gasteiger partial charge in [0.15, 0.2) is 0 Å². The molecule has 0 amide bonds. The van der Waals surface area contributed by atoms with Gasteiger partial charge in [0.1, 0.15) is 0 Å². The fraction of sp³-hybridized carbons (Fsp3) is 0. The third-order valence-electron chi connectivity index (χ3n) is 2.06. The monoisotopic (exact) mass is 158 g/mol. The van der Waals surface area contributed by atoms with E-state index in [2.05, 4.69) is 6.07 Å². The van der Waals surface area contributed by atoms with Gasteiger partial charge in [0.25, 0.3) is 0 Å². The van der Waals surface area contributed by atoms with Gasteiger partial charge in [-0.1, -0.05) is 30.3 Å². The Hall–Kier alpha value is -1.70. The van der Waals surface area contributed by atoms with Gasteiger partial charge < -0.3 is 0 Å². The van der Waals surface area contributed by atoms with E-state index in [9.17, 15) is 0 Å². The van der Waals surface area contributed by atoms with Crippen LogP contribution in [-0.2, 0) is 0 Å². The second kappa shape index (κ2) is 1.91. The molecule has 1 heterocycles. The van der Waals surface area contributed by atoms with Crippen LogP contribution >= 0.6 is 0 Å². The van der Waals surface area contributed by atoms with Gasteiger partial charge in [-0.2, -0.15) is 0 Å². The van der Waals surface area contributed by atoms with E-state index in [1.165, 1.54) is 5.39 Å². The SMILES string of the molecule is c1ccc2c(c1)ccc1ooc12. The average Bonchev–Trinajstić information content (AvgIpc) is 2.05. The molecule has 0 aliphatic heterocycles. The fourth-order valence-corrected chi connectivity index (χ4v) is 1.43. The highest BCUT2D eigenvalue weighted by Gasteiger charge is 2.07. The maximum absolute atomic E-state index is 4.89. The molecular formula is C10H6O2. The van der Waals surface area contributed by atoms with E-state index in [4.69, 9.17) is 9.15 Å². The van der Waals surface area contributed by atoms with E-state index < -0.39 is 0 Å². The van der Waals surface area contributed by atoms with E-state index in [1.807, 2.05) is 30.3 Å². The van der Waals surface area contributed by atoms with Gasteiger partial charge in [0.2, 0.25) is 11.2 Å². The van der Waals surface area contributed by atoms with Crippen molar-refractivity contribution in [1.29, 1.82) is 0 Å². The van der Waals surface area contributed by atoms with Crippen molar-refractivity contribution in [2.24, 2.45) is 0 Å². The van der Waals surface area contributed by atoms with Crippen molar-refractivity contribution in [3.05, 3.63) is 36.4 Å². The molecule has 58 valence electrons. The van der Waals surface area contributed by atoms with Crippen molar-refractivity contribution in [3.8, 4) is 0 Å². The normalized spacial score (nSPS) is 11.3. The molecule has 0 spiro atoms. The Bertz CT molecular complexity index is 525. The first kappa shape index (κ1) is 5.89. The molecule has 3 rings (SSSR count). The van der Waals surface area contributed by atoms with Crippen molar-refractivity contribution in [2.75, 3.05) is 0 Å². The van der Waals surface area contributed by atoms with Gasteiger partial charge in [-0.15, -0.1) is 0 Å². The Morgan fingerprint density at radius 1 is 0.833 bits per heavy atom. The third kappa shape index (κ3) is 0.593. The molecule has 0 saturated heterocycles. The van der Waals surface area contributed by atoms with Crippen LogP contribution in [-0.4, -0.2) is 0 Å². The summed E-state index contributed by atoms with van der Waals surface area (Å²) in [6, 6.07) is 12.0. The van der Waals surface area contributed by atoms with Gasteiger partial charge in [0.05, 0.1) is 0 Å². The molecule has 0 bridgehead atoms. The number of fused-ring (bicyclic) bond motifs is 3. The molecule has 3 aromatic rings. The van der Waals surface area contributed by atoms with Gasteiger partial charge in [0, 0.05) is 5.39 Å². The Balaban J connectivity index is 2.62. The van der Waals surface area contributed by atoms with Crippen molar-refractivity contribution in [3.63, 3.8) is 0 Å². The maximum Gasteiger partial charge on any atom is 0.233 e. The number of benzene rings is 2. The molecule has 1 aromatic heterocycles. The van der Waals surface area contributed by atoms with Crippen LogP contribution in [0.5, 0.6) is 0 Å². The van der Waals surface area contributed by atoms with Gasteiger partial charge in [-0.3, -0.25) is 9.15 Å². The lowest BCUT2D eigenvalue weighted by molar-refractivity contribution is 0.0603. The molecule has 12 heavy (non-hydrogen) atoms. The van der Waals surface area contributed by atoms with Crippen LogP contribution in [0.25, 0.3) is 21.9 Å². The zero-order chi connectivity index (χ0) is 7.97. The first-order valence-electron chi connectivity index (χ1n) is 3.81. The highest BCUT2D eigenvalue weighted by molar-refractivity contribution is 6.02. The molecular weight excluding hydrogens is 152 g/mol. The molecule has 2 nitrogen and oxygen atoms in total. The second-order valence-corrected chi connectivity index (χ2v) is 2.78. The summed E-state index contributed by atoms with van der Waals surface area (Å²) < 4.78 is 9.67. The van der Waals surface area contributed by atoms with Gasteiger partial charge in [-0.05, 0) is 11.5 Å². The molecule has 0 aliphatic carbocycles. The minimum absolute atomic E-state index is 0.828. The summed E-state index contributed by atoms with van der Waals surface area (Å²) in [5.41, 5.74) is 1.68. The van der Waals surface area contributed by atoms with Crippen molar-refractivity contribution in [1.82, 2.24) is 0 Å². The summed E-state index contributed by atoms with van der Waals surface area (Å²) in [5, 5.41) is 2.29. The van der Waals surface area contributed by atoms with E-state index >= 15 is 0 Å². The predicted octanol–water partition coefficient (Wildman–Crippen LogP) is 3.18. The molecule has 0 aliphatic rings. The van der Waals surface area contributed by atoms with Crippen LogP contribution in [0.2, 0.25) is 0 Å². The van der Waals surface area contributed by atoms with Crippen molar-refractivity contribution < 1.29 is 9.15 Å². The highest BCUT2D eigenvalue weighted by atomic mass is 17.0. The van der Waals surface area contributed by atoms with E-state index in [0.29, 0.717) is 0 Å². The Labute approximate surface area is 68.3 Å². The summed E-state index contributed by atoms with van der Waals surface area (Å²) in [6.07, 6.45) is 0. The largest absolute Gasteiger partial charge is 0.286 e. The number of hydrogen-bond acceptors (Lipinski definition) is 2. The molecule has 0 fully saturated rings. The maximum atomic E-state index is 4.89. The Kier molecular flexibility index (Phi) is 0.939. The lowest BCUT2D eigenvalue weighted by Crippen LogP contribution is -1.78. The first-order valence-corrected chi connectivity index (χ1v) is 3.81. The molecule has 0 saturated carbocycles. The molecule has 2 heteroatoms. The summed E-state index contributed by atoms with van der Waals surface area (Å²) in [5.74, 6) is 0. The smallest absolute Gasteiger partial charge is 0.233 e. The van der Waals surface area contributed by atoms with E-state index in [1.54, 1.807) is 0 Å². The molecule has 2 aromatic carbocycles. The van der Waals surface area contributed by atoms with Gasteiger partial charge in [-0.25, -0.2) is 0 Å². The Morgan fingerprint density at radius 3 is 2.58 bits per heavy atom. The minimum Gasteiger partial charge on any atom is -0.286 e. The summed E-state index contributed by atoms with van der Waals surface area (Å²) >= 11 is 0. The van der Waals surface area contributed by atoms with Crippen LogP contribution in [0, 0.1) is 0 Å². The number of rotatable bonds is 0. The average molecular weight is 158 g/mol. The fourth-order valence-electron chi connectivity index (χ4n) is 1.43. The standard InChI is InChI=1S/C10H6O2/c1-2-4-8-7(3-1)5-6-9-10(8)12-11-9/h1-6H. The first-order chi connectivity index (χ1) is 5.95. The minimum atomic E-state index is 0.828. The summed E-state index contributed by atoms with van der Waals surface area (Å²) in [7, 11) is 0. The molecule has 0 atom stereocenters. The summed E-state index contributed by atoms with van der Waals surface area (Å²) in [4.78, 5) is 0. The van der Waals surface area contributed by atoms with Crippen molar-refractivity contribution in [2.45, 2.75) is 0 Å². The van der Waals surface area contributed by atoms with E-state index in [-0.39, 0.29) is 0 Å². The topological polar surface area (TPSA) is 26.3 Å². The predicted molar refractivity (Wildman–Crippen MR) is 46.0 cm³/mol. The van der Waals surface area contributed by atoms with Crippen LogP contribution < -0.4 is 0 Å². The summed E-state index contributed by atoms with van der Waals surface area (Å²) in [6.45, 7) is 0. The highest BCUT2D eigenvalue weighted by Crippen LogP contribution is 2.27. The van der Waals surface area contributed by atoms with E-state index in [0.717, 1.165) is 16.6 Å². The number of hydrogen-bond donors (Lipinski definition) is 0. The zero-order valence-electron chi connectivity index (χ0n) is 6.28. The third-order valence-corrected chi connectivity index (χ3v) is 2.06. The van der Waals surface area contributed by atoms with Crippen molar-refractivity contribution >= 4 is 21.9 Å². The van der Waals surface area contributed by atoms with Crippen LogP contribution in [0.15, 0.2) is 45.6 Å². The quantitative estimate of drug-likeness (QED) is 0.469. The molecule has 0 N–H and O–H groups in total. The van der Waals surface area contributed by atoms with Crippen LogP contribution in [0.4, 0.5) is 0 Å². The Morgan fingerprint density at radius 2 is 1.75 bits per heavy atom. The molecule has 0 unspecified atom stereocenters. The second-order valence-electron chi connectivity index (χ2n) is 2.78. The van der Waals surface area contributed by atoms with Gasteiger partial charge >= 0.3 is 0 Å².